The van der Waals surface area contributed by atoms with Gasteiger partial charge in [-0.2, -0.15) is 0 Å². The summed E-state index contributed by atoms with van der Waals surface area (Å²) in [6.45, 7) is 14.4. The van der Waals surface area contributed by atoms with Gasteiger partial charge in [-0.15, -0.1) is 8.58 Å². The summed E-state index contributed by atoms with van der Waals surface area (Å²) in [5, 5.41) is 7.00. The predicted octanol–water partition coefficient (Wildman–Crippen LogP) is 3.90. The van der Waals surface area contributed by atoms with Crippen LogP contribution in [0, 0.1) is 48.4 Å². The van der Waals surface area contributed by atoms with Crippen molar-refractivity contribution in [1.82, 2.24) is 4.98 Å². The predicted molar refractivity (Wildman–Crippen MR) is 121 cm³/mol. The van der Waals surface area contributed by atoms with Crippen LogP contribution < -0.4 is 10.2 Å². The first kappa shape index (κ1) is 31.1. The molecular weight excluding hydrogens is 512 g/mol. The van der Waals surface area contributed by atoms with Crippen LogP contribution in [0.25, 0.3) is 0 Å². The summed E-state index contributed by atoms with van der Waals surface area (Å²) in [5.74, 6) is 0.702. The molecular formula is C21H34BCeNO4P-. The Morgan fingerprint density at radius 1 is 1.14 bits per heavy atom. The summed E-state index contributed by atoms with van der Waals surface area (Å²) in [5.41, 5.74) is 1.58. The molecule has 5 nitrogen and oxygen atoms in total. The topological polar surface area (TPSA) is 60.8 Å². The SMILES string of the molecule is CC.CC1(C)[CH-]OB(c2cncc(OCc3ccccc3)c2)O1.CO.CPC.[Ce]. The van der Waals surface area contributed by atoms with Crippen LogP contribution >= 0.6 is 8.58 Å². The minimum Gasteiger partial charge on any atom is -0.583 e. The molecule has 0 saturated carbocycles. The third-order valence-corrected chi connectivity index (χ3v) is 3.14. The molecule has 2 aromatic rings. The van der Waals surface area contributed by atoms with Crippen LogP contribution in [0.15, 0.2) is 48.8 Å². The van der Waals surface area contributed by atoms with Crippen molar-refractivity contribution in [2.45, 2.75) is 39.9 Å². The summed E-state index contributed by atoms with van der Waals surface area (Å²) in [4.78, 5) is 4.19. The van der Waals surface area contributed by atoms with E-state index in [0.29, 0.717) is 12.4 Å². The molecule has 1 saturated heterocycles. The Morgan fingerprint density at radius 3 is 2.24 bits per heavy atom. The van der Waals surface area contributed by atoms with Gasteiger partial charge in [0.1, 0.15) is 12.4 Å². The number of benzene rings is 1. The fourth-order valence-electron chi connectivity index (χ4n) is 2.09. The molecule has 0 radical (unpaired) electrons. The molecule has 8 heteroatoms. The van der Waals surface area contributed by atoms with Crippen LogP contribution in [-0.4, -0.2) is 43.2 Å². The molecule has 3 rings (SSSR count). The second-order valence-corrected chi connectivity index (χ2v) is 7.04. The zero-order valence-corrected chi connectivity index (χ0v) is 22.7. The van der Waals surface area contributed by atoms with Crippen LogP contribution in [0.3, 0.4) is 0 Å². The molecule has 1 aliphatic heterocycles. The van der Waals surface area contributed by atoms with E-state index in [9.17, 15) is 0 Å². The quantitative estimate of drug-likeness (QED) is 0.358. The fraction of sp³-hybridized carbons (Fsp3) is 0.429. The maximum atomic E-state index is 7.00. The van der Waals surface area contributed by atoms with E-state index in [4.69, 9.17) is 19.2 Å². The number of aliphatic hydroxyl groups is 1. The van der Waals surface area contributed by atoms with E-state index in [2.05, 4.69) is 18.3 Å². The fourth-order valence-corrected chi connectivity index (χ4v) is 2.09. The Kier molecular flexibility index (Phi) is 20.0. The average molecular weight is 546 g/mol. The zero-order chi connectivity index (χ0) is 21.4. The Hall–Kier alpha value is -0.0784. The molecule has 0 unspecified atom stereocenters. The average Bonchev–Trinajstić information content (AvgIpc) is 3.11. The van der Waals surface area contributed by atoms with Gasteiger partial charge in [0.05, 0.1) is 6.20 Å². The van der Waals surface area contributed by atoms with E-state index in [0.717, 1.165) is 26.7 Å². The molecule has 1 aromatic heterocycles. The number of hydrogen-bond acceptors (Lipinski definition) is 5. The first-order chi connectivity index (χ1) is 13.5. The molecule has 1 aromatic carbocycles. The van der Waals surface area contributed by atoms with E-state index >= 15 is 0 Å². The number of rotatable bonds is 4. The maximum absolute atomic E-state index is 7.00. The second-order valence-electron chi connectivity index (χ2n) is 6.04. The van der Waals surface area contributed by atoms with E-state index in [1.165, 1.54) is 0 Å². The van der Waals surface area contributed by atoms with Crippen LogP contribution in [0.1, 0.15) is 33.3 Å². The first-order valence-corrected chi connectivity index (χ1v) is 11.4. The summed E-state index contributed by atoms with van der Waals surface area (Å²) < 4.78 is 17.1. The molecule has 0 aliphatic carbocycles. The third kappa shape index (κ3) is 13.0. The van der Waals surface area contributed by atoms with E-state index in [-0.39, 0.29) is 47.3 Å². The third-order valence-electron chi connectivity index (χ3n) is 3.14. The van der Waals surface area contributed by atoms with E-state index in [1.54, 1.807) is 19.0 Å². The molecule has 0 atom stereocenters. The minimum absolute atomic E-state index is 0. The van der Waals surface area contributed by atoms with Gasteiger partial charge in [-0.1, -0.05) is 63.6 Å². The molecule has 0 spiro atoms. The molecule has 1 fully saturated rings. The molecule has 0 amide bonds. The monoisotopic (exact) mass is 546 g/mol. The van der Waals surface area contributed by atoms with E-state index < -0.39 is 7.12 Å². The number of aromatic nitrogens is 1. The summed E-state index contributed by atoms with van der Waals surface area (Å²) in [7, 11) is 1.66. The van der Waals surface area contributed by atoms with Crippen molar-refractivity contribution in [2.75, 3.05) is 20.4 Å². The van der Waals surface area contributed by atoms with Crippen molar-refractivity contribution in [2.24, 2.45) is 0 Å². The maximum Gasteiger partial charge on any atom is 0.461 e. The van der Waals surface area contributed by atoms with Crippen molar-refractivity contribution in [3.63, 3.8) is 0 Å². The molecule has 1 aliphatic rings. The van der Waals surface area contributed by atoms with Gasteiger partial charge in [0.2, 0.25) is 0 Å². The van der Waals surface area contributed by atoms with Crippen LogP contribution in [0.4, 0.5) is 0 Å². The smallest absolute Gasteiger partial charge is 0.461 e. The van der Waals surface area contributed by atoms with Gasteiger partial charge < -0.3 is 19.2 Å². The van der Waals surface area contributed by atoms with Crippen molar-refractivity contribution >= 4 is 21.2 Å². The van der Waals surface area contributed by atoms with Gasteiger partial charge in [0.15, 0.2) is 0 Å². The molecule has 2 heterocycles. The van der Waals surface area contributed by atoms with Gasteiger partial charge in [0.25, 0.3) is 0 Å². The van der Waals surface area contributed by atoms with Gasteiger partial charge in [-0.25, -0.2) is 6.61 Å². The van der Waals surface area contributed by atoms with Crippen molar-refractivity contribution in [3.05, 3.63) is 61.0 Å². The Balaban J connectivity index is 0. The van der Waals surface area contributed by atoms with Gasteiger partial charge in [-0.3, -0.25) is 4.98 Å². The normalized spacial score (nSPS) is 13.3. The Labute approximate surface area is 212 Å². The van der Waals surface area contributed by atoms with Gasteiger partial charge in [-0.05, 0) is 25.0 Å². The molecule has 0 bridgehead atoms. The minimum atomic E-state index is -0.423. The van der Waals surface area contributed by atoms with Crippen molar-refractivity contribution in [3.8, 4) is 5.75 Å². The van der Waals surface area contributed by atoms with Crippen LogP contribution in [-0.2, 0) is 15.9 Å². The Bertz CT molecular complexity index is 635. The largest absolute Gasteiger partial charge is 0.583 e. The van der Waals surface area contributed by atoms with Crippen molar-refractivity contribution in [1.29, 1.82) is 0 Å². The van der Waals surface area contributed by atoms with Crippen molar-refractivity contribution < 1.29 is 60.9 Å². The van der Waals surface area contributed by atoms with Crippen LogP contribution in [0.2, 0.25) is 0 Å². The van der Waals surface area contributed by atoms with Gasteiger partial charge in [0, 0.05) is 60.5 Å². The summed E-state index contributed by atoms with van der Waals surface area (Å²) in [6, 6.07) is 11.9. The van der Waals surface area contributed by atoms with Gasteiger partial charge >= 0.3 is 7.12 Å². The number of hydrogen-bond donors (Lipinski definition) is 1. The number of pyridine rings is 1. The molecule has 160 valence electrons. The number of ether oxygens (including phenoxy) is 1. The van der Waals surface area contributed by atoms with E-state index in [1.807, 2.05) is 64.1 Å². The number of nitrogens with zero attached hydrogens (tertiary/aromatic N) is 1. The summed E-state index contributed by atoms with van der Waals surface area (Å²) >= 11 is 0. The molecule has 29 heavy (non-hydrogen) atoms. The van der Waals surface area contributed by atoms with Crippen LogP contribution in [0.5, 0.6) is 5.75 Å². The second kappa shape index (κ2) is 18.7. The standard InChI is InChI=1S/C16H17BNO3.C2H7P.C2H6.CH4O.Ce/c1-16(2)12-20-17(21-16)14-8-15(10-18-9-14)19-11-13-6-4-3-5-7-13;1-3-2;2*1-2;/h3-10,12H,11H2,1-2H3;3H,1-2H3;1-2H3;2H,1H3;/q-1;;;;. The zero-order valence-electron chi connectivity index (χ0n) is 18.6. The first-order valence-electron chi connectivity index (χ1n) is 9.36. The summed E-state index contributed by atoms with van der Waals surface area (Å²) in [6.07, 6.45) is 3.42. The Morgan fingerprint density at radius 2 is 1.72 bits per heavy atom. The molecule has 1 N–H and O–H groups in total. The number of aliphatic hydroxyl groups excluding tert-OH is 1.